The summed E-state index contributed by atoms with van der Waals surface area (Å²) in [5.74, 6) is -1.93. The van der Waals surface area contributed by atoms with E-state index in [2.05, 4.69) is 5.32 Å². The summed E-state index contributed by atoms with van der Waals surface area (Å²) in [7, 11) is 0. The van der Waals surface area contributed by atoms with Gasteiger partial charge in [0.2, 0.25) is 5.91 Å². The number of aryl methyl sites for hydroxylation is 1. The molecular weight excluding hydrogens is 376 g/mol. The molecule has 1 amide bonds. The molecule has 0 bridgehead atoms. The first kappa shape index (κ1) is 22.8. The van der Waals surface area contributed by atoms with Gasteiger partial charge < -0.3 is 19.5 Å². The van der Waals surface area contributed by atoms with Crippen LogP contribution in [0.3, 0.4) is 0 Å². The third-order valence-corrected chi connectivity index (χ3v) is 5.12. The third-order valence-electron chi connectivity index (χ3n) is 5.12. The van der Waals surface area contributed by atoms with Crippen LogP contribution in [0.15, 0.2) is 30.3 Å². The van der Waals surface area contributed by atoms with E-state index in [1.165, 1.54) is 11.8 Å². The predicted octanol–water partition coefficient (Wildman–Crippen LogP) is 1.23. The summed E-state index contributed by atoms with van der Waals surface area (Å²) < 4.78 is 10.4. The minimum Gasteiger partial charge on any atom is -0.479 e. The Hall–Kier alpha value is -2.45. The van der Waals surface area contributed by atoms with Crippen LogP contribution in [0, 0.1) is 0 Å². The van der Waals surface area contributed by atoms with Gasteiger partial charge in [-0.15, -0.1) is 0 Å². The van der Waals surface area contributed by atoms with Gasteiger partial charge in [-0.2, -0.15) is 0 Å². The van der Waals surface area contributed by atoms with Crippen molar-refractivity contribution < 1.29 is 29.0 Å². The molecule has 1 aliphatic rings. The fraction of sp³-hybridized carbons (Fsp3) is 0.571. The first-order valence-electron chi connectivity index (χ1n) is 9.88. The maximum absolute atomic E-state index is 13.0. The summed E-state index contributed by atoms with van der Waals surface area (Å²) in [5, 5.41) is 12.6. The van der Waals surface area contributed by atoms with Crippen LogP contribution in [0.1, 0.15) is 32.8 Å². The molecule has 1 aromatic carbocycles. The molecular formula is C21H30N2O6. The molecule has 0 aromatic heterocycles. The zero-order valence-corrected chi connectivity index (χ0v) is 17.2. The SMILES string of the molecule is CCOC(=O)C(CCc1ccccc1)N[C@@H](C)C(=O)N1CCOCC1(C)C(=O)O. The van der Waals surface area contributed by atoms with Gasteiger partial charge in [0.15, 0.2) is 5.54 Å². The van der Waals surface area contributed by atoms with E-state index in [4.69, 9.17) is 9.47 Å². The lowest BCUT2D eigenvalue weighted by atomic mass is 9.98. The molecule has 0 saturated carbocycles. The number of hydrogen-bond acceptors (Lipinski definition) is 6. The zero-order chi connectivity index (χ0) is 21.4. The van der Waals surface area contributed by atoms with E-state index >= 15 is 0 Å². The van der Waals surface area contributed by atoms with Crippen LogP contribution < -0.4 is 5.32 Å². The molecule has 1 fully saturated rings. The van der Waals surface area contributed by atoms with Crippen LogP contribution in [-0.2, 0) is 30.3 Å². The Morgan fingerprint density at radius 1 is 1.31 bits per heavy atom. The molecule has 2 rings (SSSR count). The Bertz CT molecular complexity index is 710. The summed E-state index contributed by atoms with van der Waals surface area (Å²) in [4.78, 5) is 38.4. The number of carbonyl (C=O) groups is 3. The number of morpholine rings is 1. The highest BCUT2D eigenvalue weighted by atomic mass is 16.5. The molecule has 160 valence electrons. The molecule has 1 aliphatic heterocycles. The minimum absolute atomic E-state index is 0.0733. The van der Waals surface area contributed by atoms with Crippen LogP contribution in [0.5, 0.6) is 0 Å². The van der Waals surface area contributed by atoms with Gasteiger partial charge in [0, 0.05) is 6.54 Å². The third kappa shape index (κ3) is 5.77. The number of amides is 1. The number of hydrogen-bond donors (Lipinski definition) is 2. The van der Waals surface area contributed by atoms with Gasteiger partial charge in [-0.3, -0.25) is 14.9 Å². The van der Waals surface area contributed by atoms with Crippen molar-refractivity contribution in [3.63, 3.8) is 0 Å². The van der Waals surface area contributed by atoms with Gasteiger partial charge in [0.25, 0.3) is 0 Å². The minimum atomic E-state index is -1.44. The van der Waals surface area contributed by atoms with Gasteiger partial charge in [-0.25, -0.2) is 4.79 Å². The number of nitrogens with one attached hydrogen (secondary N) is 1. The van der Waals surface area contributed by atoms with Crippen LogP contribution in [0.25, 0.3) is 0 Å². The van der Waals surface area contributed by atoms with E-state index < -0.39 is 29.6 Å². The van der Waals surface area contributed by atoms with Crippen molar-refractivity contribution in [2.45, 2.75) is 51.2 Å². The number of nitrogens with zero attached hydrogens (tertiary/aromatic N) is 1. The van der Waals surface area contributed by atoms with E-state index in [0.29, 0.717) is 12.8 Å². The van der Waals surface area contributed by atoms with Crippen LogP contribution in [-0.4, -0.2) is 71.8 Å². The largest absolute Gasteiger partial charge is 0.479 e. The lowest BCUT2D eigenvalue weighted by Crippen LogP contribution is -2.65. The summed E-state index contributed by atoms with van der Waals surface area (Å²) >= 11 is 0. The Morgan fingerprint density at radius 3 is 2.62 bits per heavy atom. The number of carboxylic acids is 1. The fourth-order valence-corrected chi connectivity index (χ4v) is 3.36. The summed E-state index contributed by atoms with van der Waals surface area (Å²) in [6.45, 7) is 5.46. The molecule has 1 heterocycles. The first-order valence-corrected chi connectivity index (χ1v) is 9.88. The molecule has 8 nitrogen and oxygen atoms in total. The van der Waals surface area contributed by atoms with E-state index in [1.54, 1.807) is 13.8 Å². The second kappa shape index (κ2) is 10.4. The van der Waals surface area contributed by atoms with Crippen LogP contribution in [0.4, 0.5) is 0 Å². The van der Waals surface area contributed by atoms with Crippen molar-refractivity contribution in [1.82, 2.24) is 10.2 Å². The number of benzene rings is 1. The number of ether oxygens (including phenoxy) is 2. The molecule has 0 aliphatic carbocycles. The van der Waals surface area contributed by atoms with Crippen LogP contribution >= 0.6 is 0 Å². The lowest BCUT2D eigenvalue weighted by molar-refractivity contribution is -0.171. The standard InChI is InChI=1S/C21H30N2O6/c1-4-29-19(25)17(11-10-16-8-6-5-7-9-16)22-15(2)18(24)23-12-13-28-14-21(23,3)20(26)27/h5-9,15,17,22H,4,10-14H2,1-3H3,(H,26,27)/t15-,17?,21?/m0/s1. The first-order chi connectivity index (χ1) is 13.8. The average Bonchev–Trinajstić information content (AvgIpc) is 2.71. The van der Waals surface area contributed by atoms with E-state index in [-0.39, 0.29) is 32.3 Å². The predicted molar refractivity (Wildman–Crippen MR) is 106 cm³/mol. The maximum Gasteiger partial charge on any atom is 0.331 e. The van der Waals surface area contributed by atoms with Crippen molar-refractivity contribution in [3.05, 3.63) is 35.9 Å². The molecule has 1 saturated heterocycles. The maximum atomic E-state index is 13.0. The molecule has 1 aromatic rings. The highest BCUT2D eigenvalue weighted by Crippen LogP contribution is 2.21. The van der Waals surface area contributed by atoms with Gasteiger partial charge in [0.1, 0.15) is 6.04 Å². The smallest absolute Gasteiger partial charge is 0.331 e. The van der Waals surface area contributed by atoms with Crippen molar-refractivity contribution in [2.75, 3.05) is 26.4 Å². The summed E-state index contributed by atoms with van der Waals surface area (Å²) in [5.41, 5.74) is -0.358. The molecule has 0 spiro atoms. The Balaban J connectivity index is 2.08. The normalized spacial score (nSPS) is 21.3. The summed E-state index contributed by atoms with van der Waals surface area (Å²) in [6, 6.07) is 8.31. The average molecular weight is 406 g/mol. The fourth-order valence-electron chi connectivity index (χ4n) is 3.36. The highest BCUT2D eigenvalue weighted by molar-refractivity contribution is 5.90. The molecule has 2 unspecified atom stereocenters. The highest BCUT2D eigenvalue weighted by Gasteiger charge is 2.46. The number of rotatable bonds is 9. The zero-order valence-electron chi connectivity index (χ0n) is 17.2. The van der Waals surface area contributed by atoms with E-state index in [9.17, 15) is 19.5 Å². The molecule has 0 radical (unpaired) electrons. The van der Waals surface area contributed by atoms with E-state index in [0.717, 1.165) is 5.56 Å². The van der Waals surface area contributed by atoms with E-state index in [1.807, 2.05) is 30.3 Å². The second-order valence-corrected chi connectivity index (χ2v) is 7.34. The molecule has 29 heavy (non-hydrogen) atoms. The van der Waals surface area contributed by atoms with Gasteiger partial charge in [-0.1, -0.05) is 30.3 Å². The van der Waals surface area contributed by atoms with Crippen molar-refractivity contribution in [3.8, 4) is 0 Å². The lowest BCUT2D eigenvalue weighted by Gasteiger charge is -2.42. The van der Waals surface area contributed by atoms with Gasteiger partial charge in [-0.05, 0) is 39.2 Å². The van der Waals surface area contributed by atoms with Gasteiger partial charge >= 0.3 is 11.9 Å². The van der Waals surface area contributed by atoms with Gasteiger partial charge in [0.05, 0.1) is 25.9 Å². The number of aliphatic carboxylic acids is 1. The molecule has 2 N–H and O–H groups in total. The Labute approximate surface area is 171 Å². The molecule has 8 heteroatoms. The Kier molecular flexibility index (Phi) is 8.16. The van der Waals surface area contributed by atoms with Crippen molar-refractivity contribution in [1.29, 1.82) is 0 Å². The monoisotopic (exact) mass is 406 g/mol. The van der Waals surface area contributed by atoms with Crippen molar-refractivity contribution in [2.24, 2.45) is 0 Å². The quantitative estimate of drug-likeness (QED) is 0.594. The van der Waals surface area contributed by atoms with Crippen molar-refractivity contribution >= 4 is 17.8 Å². The number of esters is 1. The Morgan fingerprint density at radius 2 is 2.00 bits per heavy atom. The number of carbonyl (C=O) groups excluding carboxylic acids is 2. The molecule has 3 atom stereocenters. The summed E-state index contributed by atoms with van der Waals surface area (Å²) in [6.07, 6.45) is 1.10. The topological polar surface area (TPSA) is 105 Å². The number of carboxylic acid groups (broad SMARTS) is 1. The van der Waals surface area contributed by atoms with Crippen LogP contribution in [0.2, 0.25) is 0 Å². The second-order valence-electron chi connectivity index (χ2n) is 7.34.